The third-order valence-electron chi connectivity index (χ3n) is 4.64. The fourth-order valence-corrected chi connectivity index (χ4v) is 4.07. The van der Waals surface area contributed by atoms with Crippen LogP contribution in [0.1, 0.15) is 28.7 Å². The number of aryl methyl sites for hydroxylation is 1. The maximum atomic E-state index is 12.9. The molecule has 0 bridgehead atoms. The maximum Gasteiger partial charge on any atom is 0.270 e. The summed E-state index contributed by atoms with van der Waals surface area (Å²) in [5.74, 6) is 1.24. The lowest BCUT2D eigenvalue weighted by Gasteiger charge is -2.15. The minimum Gasteiger partial charge on any atom is -0.360 e. The van der Waals surface area contributed by atoms with E-state index in [1.165, 1.54) is 16.3 Å². The SMILES string of the molecule is CCn1c(NNC(=O)c2ccccc2SCc2cc(C)no2)nc2ccccc2c1=O. The first-order chi connectivity index (χ1) is 15.1. The summed E-state index contributed by atoms with van der Waals surface area (Å²) in [7, 11) is 0. The normalized spacial score (nSPS) is 10.9. The molecule has 0 spiro atoms. The van der Waals surface area contributed by atoms with Crippen LogP contribution >= 0.6 is 11.8 Å². The van der Waals surface area contributed by atoms with Gasteiger partial charge >= 0.3 is 0 Å². The largest absolute Gasteiger partial charge is 0.360 e. The number of benzene rings is 2. The number of anilines is 1. The highest BCUT2D eigenvalue weighted by atomic mass is 32.2. The average Bonchev–Trinajstić information content (AvgIpc) is 3.21. The van der Waals surface area contributed by atoms with Crippen molar-refractivity contribution < 1.29 is 9.32 Å². The Morgan fingerprint density at radius 1 is 1.16 bits per heavy atom. The van der Waals surface area contributed by atoms with Crippen molar-refractivity contribution in [1.29, 1.82) is 0 Å². The highest BCUT2D eigenvalue weighted by molar-refractivity contribution is 7.98. The molecule has 0 atom stereocenters. The van der Waals surface area contributed by atoms with Gasteiger partial charge in [-0.1, -0.05) is 29.4 Å². The van der Waals surface area contributed by atoms with Crippen LogP contribution in [0.2, 0.25) is 0 Å². The second-order valence-corrected chi connectivity index (χ2v) is 7.82. The van der Waals surface area contributed by atoms with Gasteiger partial charge in [-0.25, -0.2) is 4.98 Å². The standard InChI is InChI=1S/C22H21N5O3S/c1-3-27-21(29)16-8-4-6-10-18(16)23-22(27)25-24-20(28)17-9-5-7-11-19(17)31-13-15-12-14(2)26-30-15/h4-12H,3,13H2,1-2H3,(H,23,25)(H,24,28). The van der Waals surface area contributed by atoms with Gasteiger partial charge in [0, 0.05) is 17.5 Å². The summed E-state index contributed by atoms with van der Waals surface area (Å²) in [6.07, 6.45) is 0. The van der Waals surface area contributed by atoms with Crippen LogP contribution in [0, 0.1) is 6.92 Å². The molecular formula is C22H21N5O3S. The summed E-state index contributed by atoms with van der Waals surface area (Å²) in [5.41, 5.74) is 7.19. The van der Waals surface area contributed by atoms with Crippen molar-refractivity contribution in [2.45, 2.75) is 31.0 Å². The lowest BCUT2D eigenvalue weighted by atomic mass is 10.2. The first kappa shape index (κ1) is 20.7. The molecular weight excluding hydrogens is 414 g/mol. The van der Waals surface area contributed by atoms with Crippen LogP contribution in [0.15, 0.2) is 68.8 Å². The van der Waals surface area contributed by atoms with Gasteiger partial charge in [0.15, 0.2) is 0 Å². The summed E-state index contributed by atoms with van der Waals surface area (Å²) in [4.78, 5) is 30.9. The van der Waals surface area contributed by atoms with Gasteiger partial charge in [-0.3, -0.25) is 25.0 Å². The first-order valence-corrected chi connectivity index (χ1v) is 10.8. The molecule has 4 aromatic rings. The van der Waals surface area contributed by atoms with Crippen molar-refractivity contribution in [2.75, 3.05) is 5.43 Å². The van der Waals surface area contributed by atoms with E-state index in [2.05, 4.69) is 21.0 Å². The highest BCUT2D eigenvalue weighted by Gasteiger charge is 2.14. The summed E-state index contributed by atoms with van der Waals surface area (Å²) < 4.78 is 6.72. The van der Waals surface area contributed by atoms with Gasteiger partial charge in [-0.15, -0.1) is 11.8 Å². The van der Waals surface area contributed by atoms with Crippen LogP contribution < -0.4 is 16.4 Å². The van der Waals surface area contributed by atoms with E-state index in [4.69, 9.17) is 4.52 Å². The molecule has 9 heteroatoms. The number of rotatable bonds is 7. The van der Waals surface area contributed by atoms with Gasteiger partial charge in [0.1, 0.15) is 5.76 Å². The number of aromatic nitrogens is 3. The van der Waals surface area contributed by atoms with E-state index in [0.717, 1.165) is 16.3 Å². The topological polar surface area (TPSA) is 102 Å². The number of carbonyl (C=O) groups excluding carboxylic acids is 1. The third-order valence-corrected chi connectivity index (χ3v) is 5.74. The molecule has 2 N–H and O–H groups in total. The number of amides is 1. The van der Waals surface area contributed by atoms with Gasteiger partial charge in [-0.05, 0) is 38.1 Å². The zero-order valence-electron chi connectivity index (χ0n) is 17.1. The third kappa shape index (κ3) is 4.46. The molecule has 2 heterocycles. The van der Waals surface area contributed by atoms with Crippen molar-refractivity contribution in [3.63, 3.8) is 0 Å². The molecule has 8 nitrogen and oxygen atoms in total. The van der Waals surface area contributed by atoms with E-state index >= 15 is 0 Å². The lowest BCUT2D eigenvalue weighted by Crippen LogP contribution is -2.34. The Labute approximate surface area is 182 Å². The minimum absolute atomic E-state index is 0.164. The molecule has 2 aromatic heterocycles. The van der Waals surface area contributed by atoms with Crippen molar-refractivity contribution in [1.82, 2.24) is 20.1 Å². The quantitative estimate of drug-likeness (QED) is 0.337. The van der Waals surface area contributed by atoms with E-state index in [9.17, 15) is 9.59 Å². The monoisotopic (exact) mass is 435 g/mol. The van der Waals surface area contributed by atoms with Gasteiger partial charge < -0.3 is 4.52 Å². The van der Waals surface area contributed by atoms with E-state index in [-0.39, 0.29) is 17.4 Å². The Hall–Kier alpha value is -3.59. The predicted octanol–water partition coefficient (Wildman–Crippen LogP) is 3.76. The fraction of sp³-hybridized carbons (Fsp3) is 0.182. The average molecular weight is 436 g/mol. The molecule has 158 valence electrons. The second-order valence-electron chi connectivity index (χ2n) is 6.80. The molecule has 1 amide bonds. The Balaban J connectivity index is 1.52. The number of para-hydroxylation sites is 1. The van der Waals surface area contributed by atoms with Gasteiger partial charge in [0.25, 0.3) is 11.5 Å². The minimum atomic E-state index is -0.332. The zero-order valence-corrected chi connectivity index (χ0v) is 17.9. The molecule has 4 rings (SSSR count). The summed E-state index contributed by atoms with van der Waals surface area (Å²) in [6, 6.07) is 16.3. The van der Waals surface area contributed by atoms with Gasteiger partial charge in [-0.2, -0.15) is 0 Å². The Morgan fingerprint density at radius 3 is 2.71 bits per heavy atom. The summed E-state index contributed by atoms with van der Waals surface area (Å²) in [5, 5.41) is 4.41. The van der Waals surface area contributed by atoms with Crippen LogP contribution in [0.4, 0.5) is 5.95 Å². The van der Waals surface area contributed by atoms with Crippen LogP contribution in [0.25, 0.3) is 10.9 Å². The number of nitrogens with one attached hydrogen (secondary N) is 2. The second kappa shape index (κ2) is 9.05. The van der Waals surface area contributed by atoms with Gasteiger partial charge in [0.05, 0.1) is 27.9 Å². The van der Waals surface area contributed by atoms with Crippen molar-refractivity contribution in [3.05, 3.63) is 82.0 Å². The molecule has 0 aliphatic heterocycles. The Kier molecular flexibility index (Phi) is 6.03. The maximum absolute atomic E-state index is 12.9. The van der Waals surface area contributed by atoms with E-state index in [1.807, 2.05) is 38.1 Å². The summed E-state index contributed by atoms with van der Waals surface area (Å²) >= 11 is 1.48. The number of hydrogen-bond donors (Lipinski definition) is 2. The molecule has 2 aromatic carbocycles. The van der Waals surface area contributed by atoms with Crippen LogP contribution in [-0.4, -0.2) is 20.6 Å². The molecule has 0 saturated heterocycles. The Bertz CT molecular complexity index is 1300. The first-order valence-electron chi connectivity index (χ1n) is 9.76. The van der Waals surface area contributed by atoms with Crippen molar-refractivity contribution in [3.8, 4) is 0 Å². The number of thioether (sulfide) groups is 1. The number of fused-ring (bicyclic) bond motifs is 1. The molecule has 0 saturated carbocycles. The molecule has 0 aliphatic rings. The highest BCUT2D eigenvalue weighted by Crippen LogP contribution is 2.26. The smallest absolute Gasteiger partial charge is 0.270 e. The molecule has 31 heavy (non-hydrogen) atoms. The number of nitrogens with zero attached hydrogens (tertiary/aromatic N) is 3. The van der Waals surface area contributed by atoms with Gasteiger partial charge in [0.2, 0.25) is 5.95 Å². The van der Waals surface area contributed by atoms with Crippen LogP contribution in [-0.2, 0) is 12.3 Å². The molecule has 0 radical (unpaired) electrons. The number of hydrogen-bond acceptors (Lipinski definition) is 7. The molecule has 0 unspecified atom stereocenters. The van der Waals surface area contributed by atoms with Crippen molar-refractivity contribution >= 4 is 34.5 Å². The Morgan fingerprint density at radius 2 is 1.94 bits per heavy atom. The molecule has 0 fully saturated rings. The number of carbonyl (C=O) groups is 1. The van der Waals surface area contributed by atoms with E-state index in [0.29, 0.717) is 28.8 Å². The summed E-state index contributed by atoms with van der Waals surface area (Å²) in [6.45, 7) is 4.13. The molecule has 0 aliphatic carbocycles. The number of hydrazine groups is 1. The van der Waals surface area contributed by atoms with E-state index < -0.39 is 0 Å². The van der Waals surface area contributed by atoms with E-state index in [1.54, 1.807) is 30.3 Å². The lowest BCUT2D eigenvalue weighted by molar-refractivity contribution is 0.0959. The zero-order chi connectivity index (χ0) is 21.8. The predicted molar refractivity (Wildman–Crippen MR) is 120 cm³/mol. The van der Waals surface area contributed by atoms with Crippen molar-refractivity contribution in [2.24, 2.45) is 0 Å². The van der Waals surface area contributed by atoms with Crippen LogP contribution in [0.5, 0.6) is 0 Å². The van der Waals surface area contributed by atoms with Crippen LogP contribution in [0.3, 0.4) is 0 Å². The fourth-order valence-electron chi connectivity index (χ4n) is 3.15.